The van der Waals surface area contributed by atoms with Gasteiger partial charge >= 0.3 is 0 Å². The van der Waals surface area contributed by atoms with Gasteiger partial charge in [-0.05, 0) is 17.7 Å². The molecule has 4 atom stereocenters. The largest absolute Gasteiger partial charge is 0.497 e. The molecule has 0 amide bonds. The smallest absolute Gasteiger partial charge is 0.145 e. The Labute approximate surface area is 110 Å². The minimum absolute atomic E-state index is 0.434. The molecule has 4 N–H and O–H groups in total. The Hall–Kier alpha value is -1.18. The molecule has 1 aliphatic heterocycles. The van der Waals surface area contributed by atoms with E-state index in [4.69, 9.17) is 14.6 Å². The van der Waals surface area contributed by atoms with Gasteiger partial charge in [0.15, 0.2) is 0 Å². The van der Waals surface area contributed by atoms with Crippen molar-refractivity contribution < 1.29 is 29.9 Å². The minimum Gasteiger partial charge on any atom is -0.497 e. The monoisotopic (exact) mass is 270 g/mol. The van der Waals surface area contributed by atoms with Gasteiger partial charge in [0, 0.05) is 0 Å². The molecule has 6 nitrogen and oxygen atoms in total. The second-order valence-corrected chi connectivity index (χ2v) is 4.55. The van der Waals surface area contributed by atoms with Gasteiger partial charge in [-0.25, -0.2) is 0 Å². The lowest BCUT2D eigenvalue weighted by molar-refractivity contribution is -0.124. The van der Waals surface area contributed by atoms with Crippen molar-refractivity contribution in [2.45, 2.75) is 23.9 Å². The highest BCUT2D eigenvalue weighted by molar-refractivity contribution is 5.33. The molecule has 0 aromatic heterocycles. The average Bonchev–Trinajstić information content (AvgIpc) is 2.72. The molecule has 19 heavy (non-hydrogen) atoms. The van der Waals surface area contributed by atoms with E-state index in [2.05, 4.69) is 0 Å². The van der Waals surface area contributed by atoms with Crippen LogP contribution in [0.1, 0.15) is 5.56 Å². The van der Waals surface area contributed by atoms with Crippen molar-refractivity contribution in [3.63, 3.8) is 0 Å². The fourth-order valence-electron chi connectivity index (χ4n) is 2.37. The maximum Gasteiger partial charge on any atom is 0.145 e. The van der Waals surface area contributed by atoms with E-state index in [0.29, 0.717) is 11.3 Å². The number of aliphatic hydroxyl groups is 4. The lowest BCUT2D eigenvalue weighted by atomic mass is 9.87. The van der Waals surface area contributed by atoms with Crippen LogP contribution in [0.4, 0.5) is 0 Å². The first kappa shape index (κ1) is 14.2. The van der Waals surface area contributed by atoms with Crippen molar-refractivity contribution in [3.8, 4) is 5.75 Å². The summed E-state index contributed by atoms with van der Waals surface area (Å²) in [6, 6.07) is 6.62. The Morgan fingerprint density at radius 2 is 1.84 bits per heavy atom. The number of hydrogen-bond acceptors (Lipinski definition) is 6. The van der Waals surface area contributed by atoms with Gasteiger partial charge in [-0.3, -0.25) is 0 Å². The third kappa shape index (κ3) is 2.22. The van der Waals surface area contributed by atoms with Crippen molar-refractivity contribution >= 4 is 0 Å². The summed E-state index contributed by atoms with van der Waals surface area (Å²) in [4.78, 5) is 0. The molecule has 2 rings (SSSR count). The molecular formula is C13H18O6. The molecule has 106 valence electrons. The topological polar surface area (TPSA) is 99.4 Å². The van der Waals surface area contributed by atoms with Crippen LogP contribution in [0.5, 0.6) is 5.75 Å². The highest BCUT2D eigenvalue weighted by Gasteiger charge is 2.54. The molecule has 0 radical (unpaired) electrons. The zero-order chi connectivity index (χ0) is 14.0. The summed E-state index contributed by atoms with van der Waals surface area (Å²) in [5.74, 6) is 0.628. The molecule has 1 fully saturated rings. The van der Waals surface area contributed by atoms with Crippen LogP contribution in [0.3, 0.4) is 0 Å². The maximum atomic E-state index is 10.1. The second-order valence-electron chi connectivity index (χ2n) is 4.55. The predicted octanol–water partition coefficient (Wildman–Crippen LogP) is -1.00. The van der Waals surface area contributed by atoms with Crippen LogP contribution in [-0.2, 0) is 10.3 Å². The highest BCUT2D eigenvalue weighted by atomic mass is 16.6. The maximum absolute atomic E-state index is 10.1. The lowest BCUT2D eigenvalue weighted by Crippen LogP contribution is -2.43. The lowest BCUT2D eigenvalue weighted by Gasteiger charge is -2.30. The van der Waals surface area contributed by atoms with Crippen LogP contribution >= 0.6 is 0 Å². The Morgan fingerprint density at radius 1 is 1.21 bits per heavy atom. The van der Waals surface area contributed by atoms with Gasteiger partial charge in [-0.1, -0.05) is 12.1 Å². The van der Waals surface area contributed by atoms with Crippen molar-refractivity contribution in [3.05, 3.63) is 29.8 Å². The summed E-state index contributed by atoms with van der Waals surface area (Å²) in [5.41, 5.74) is -0.919. The first-order valence-corrected chi connectivity index (χ1v) is 5.99. The van der Waals surface area contributed by atoms with E-state index < -0.39 is 37.1 Å². The van der Waals surface area contributed by atoms with E-state index >= 15 is 0 Å². The minimum atomic E-state index is -1.43. The molecule has 1 aliphatic rings. The van der Waals surface area contributed by atoms with Gasteiger partial charge in [0.05, 0.1) is 20.3 Å². The zero-order valence-corrected chi connectivity index (χ0v) is 10.6. The number of ether oxygens (including phenoxy) is 2. The van der Waals surface area contributed by atoms with Crippen LogP contribution < -0.4 is 4.74 Å². The van der Waals surface area contributed by atoms with E-state index in [1.807, 2.05) is 0 Å². The zero-order valence-electron chi connectivity index (χ0n) is 10.6. The van der Waals surface area contributed by atoms with E-state index in [1.54, 1.807) is 24.3 Å². The van der Waals surface area contributed by atoms with Crippen LogP contribution in [0.2, 0.25) is 0 Å². The van der Waals surface area contributed by atoms with Gasteiger partial charge < -0.3 is 29.9 Å². The molecule has 6 heteroatoms. The normalized spacial score (nSPS) is 34.5. The fourth-order valence-corrected chi connectivity index (χ4v) is 2.37. The van der Waals surface area contributed by atoms with Crippen LogP contribution in [0, 0.1) is 0 Å². The van der Waals surface area contributed by atoms with Crippen LogP contribution in [0.15, 0.2) is 24.3 Å². The van der Waals surface area contributed by atoms with Crippen molar-refractivity contribution in [1.29, 1.82) is 0 Å². The first-order chi connectivity index (χ1) is 9.08. The van der Waals surface area contributed by atoms with E-state index in [-0.39, 0.29) is 0 Å². The third-order valence-electron chi connectivity index (χ3n) is 3.54. The van der Waals surface area contributed by atoms with Gasteiger partial charge in [-0.15, -0.1) is 0 Å². The number of hydrogen-bond donors (Lipinski definition) is 4. The van der Waals surface area contributed by atoms with Crippen molar-refractivity contribution in [2.75, 3.05) is 20.3 Å². The van der Waals surface area contributed by atoms with E-state index in [9.17, 15) is 15.3 Å². The summed E-state index contributed by atoms with van der Waals surface area (Å²) in [6.45, 7) is -0.940. The Morgan fingerprint density at radius 3 is 2.26 bits per heavy atom. The molecule has 1 aromatic carbocycles. The van der Waals surface area contributed by atoms with Gasteiger partial charge in [0.2, 0.25) is 0 Å². The van der Waals surface area contributed by atoms with Gasteiger partial charge in [-0.2, -0.15) is 0 Å². The predicted molar refractivity (Wildman–Crippen MR) is 65.7 cm³/mol. The molecule has 0 bridgehead atoms. The molecule has 1 heterocycles. The van der Waals surface area contributed by atoms with E-state index in [1.165, 1.54) is 7.11 Å². The molecule has 0 saturated carbocycles. The van der Waals surface area contributed by atoms with Crippen molar-refractivity contribution in [1.82, 2.24) is 0 Å². The van der Waals surface area contributed by atoms with Crippen LogP contribution in [-0.4, -0.2) is 59.1 Å². The standard InChI is InChI=1S/C13H18O6/c1-18-9-4-2-8(3-5-9)13(7-15)12(17)11(16)10(6-14)19-13/h2-5,10-12,14-17H,6-7H2,1H3/t10-,11+,12+,13+/m0/s1. The third-order valence-corrected chi connectivity index (χ3v) is 3.54. The molecule has 0 spiro atoms. The average molecular weight is 270 g/mol. The number of methoxy groups -OCH3 is 1. The number of aliphatic hydroxyl groups excluding tert-OH is 4. The summed E-state index contributed by atoms with van der Waals surface area (Å²) >= 11 is 0. The van der Waals surface area contributed by atoms with Crippen LogP contribution in [0.25, 0.3) is 0 Å². The molecule has 1 aromatic rings. The molecular weight excluding hydrogens is 252 g/mol. The van der Waals surface area contributed by atoms with Gasteiger partial charge in [0.25, 0.3) is 0 Å². The fraction of sp³-hybridized carbons (Fsp3) is 0.538. The van der Waals surface area contributed by atoms with Gasteiger partial charge in [0.1, 0.15) is 29.7 Å². The second kappa shape index (κ2) is 5.44. The number of rotatable bonds is 4. The molecule has 0 aliphatic carbocycles. The quantitative estimate of drug-likeness (QED) is 0.560. The summed E-state index contributed by atoms with van der Waals surface area (Å²) in [6.07, 6.45) is -3.49. The number of benzene rings is 1. The summed E-state index contributed by atoms with van der Waals surface area (Å²) < 4.78 is 10.5. The Bertz CT molecular complexity index is 420. The Kier molecular flexibility index (Phi) is 4.07. The Balaban J connectivity index is 2.36. The van der Waals surface area contributed by atoms with E-state index in [0.717, 1.165) is 0 Å². The first-order valence-electron chi connectivity index (χ1n) is 5.99. The molecule has 1 saturated heterocycles. The summed E-state index contributed by atoms with van der Waals surface area (Å²) in [7, 11) is 1.53. The molecule has 0 unspecified atom stereocenters. The van der Waals surface area contributed by atoms with Crippen molar-refractivity contribution in [2.24, 2.45) is 0 Å². The SMILES string of the molecule is COc1ccc([C@@]2(CO)O[C@@H](CO)[C@@H](O)[C@H]2O)cc1. The summed E-state index contributed by atoms with van der Waals surface area (Å²) in [5, 5.41) is 38.6. The highest BCUT2D eigenvalue weighted by Crippen LogP contribution is 2.40.